The molecular weight excluding hydrogens is 571 g/mol. The van der Waals surface area contributed by atoms with Crippen molar-refractivity contribution >= 4 is 0 Å². The van der Waals surface area contributed by atoms with Crippen LogP contribution in [0.3, 0.4) is 0 Å². The van der Waals surface area contributed by atoms with E-state index in [-0.39, 0.29) is 11.1 Å². The molecule has 0 spiro atoms. The third-order valence-electron chi connectivity index (χ3n) is 6.26. The van der Waals surface area contributed by atoms with Gasteiger partial charge in [-0.05, 0) is 72.5 Å². The monoisotopic (exact) mass is 592 g/mol. The normalized spacial score (nSPS) is 11.3. The summed E-state index contributed by atoms with van der Waals surface area (Å²) in [6, 6.07) is 8.42. The van der Waals surface area contributed by atoms with E-state index in [0.717, 1.165) is 37.0 Å². The third kappa shape index (κ3) is 6.90. The molecule has 0 aliphatic carbocycles. The van der Waals surface area contributed by atoms with Crippen molar-refractivity contribution in [3.8, 4) is 28.7 Å². The molecule has 0 aromatic heterocycles. The van der Waals surface area contributed by atoms with Crippen LogP contribution in [0.2, 0.25) is 0 Å². The minimum absolute atomic E-state index is 0.0515. The predicted molar refractivity (Wildman–Crippen MR) is 138 cm³/mol. The number of ether oxygens (including phenoxy) is 1. The second kappa shape index (κ2) is 12.6. The molecule has 4 rings (SSSR count). The lowest BCUT2D eigenvalue weighted by Gasteiger charge is -2.20. The van der Waals surface area contributed by atoms with Crippen LogP contribution in [0.15, 0.2) is 60.7 Å². The first-order valence-electron chi connectivity index (χ1n) is 12.7. The molecule has 0 fully saturated rings. The number of aryl methyl sites for hydroxylation is 1. The van der Waals surface area contributed by atoms with Crippen LogP contribution in [0.25, 0.3) is 11.1 Å². The number of benzene rings is 4. The van der Waals surface area contributed by atoms with Crippen LogP contribution in [0.1, 0.15) is 48.4 Å². The highest BCUT2D eigenvalue weighted by Crippen LogP contribution is 2.37. The third-order valence-corrected chi connectivity index (χ3v) is 6.26. The molecule has 4 aromatic carbocycles. The summed E-state index contributed by atoms with van der Waals surface area (Å²) in [5.41, 5.74) is -2.34. The van der Waals surface area contributed by atoms with Gasteiger partial charge in [0.25, 0.3) is 0 Å². The zero-order chi connectivity index (χ0) is 30.6. The van der Waals surface area contributed by atoms with Gasteiger partial charge >= 0.3 is 6.11 Å². The Morgan fingerprint density at radius 3 is 1.93 bits per heavy atom. The molecule has 1 nitrogen and oxygen atoms in total. The van der Waals surface area contributed by atoms with Crippen LogP contribution in [0, 0.1) is 52.6 Å². The minimum atomic E-state index is -4.64. The molecular formula is C32H21F9O. The second-order valence-electron chi connectivity index (χ2n) is 9.35. The van der Waals surface area contributed by atoms with Crippen LogP contribution < -0.4 is 4.74 Å². The Bertz CT molecular complexity index is 1640. The van der Waals surface area contributed by atoms with Gasteiger partial charge in [-0.3, -0.25) is 0 Å². The molecule has 0 aliphatic heterocycles. The van der Waals surface area contributed by atoms with Gasteiger partial charge in [-0.15, -0.1) is 0 Å². The molecule has 0 bridgehead atoms. The van der Waals surface area contributed by atoms with E-state index in [4.69, 9.17) is 0 Å². The number of rotatable bonds is 8. The first-order valence-corrected chi connectivity index (χ1v) is 12.7. The van der Waals surface area contributed by atoms with Gasteiger partial charge in [-0.25, -0.2) is 30.7 Å². The van der Waals surface area contributed by atoms with E-state index in [9.17, 15) is 39.5 Å². The Labute approximate surface area is 235 Å². The minimum Gasteiger partial charge on any atom is -0.429 e. The van der Waals surface area contributed by atoms with E-state index in [0.29, 0.717) is 36.8 Å². The maximum atomic E-state index is 14.8. The number of hydrogen-bond donors (Lipinski definition) is 0. The fourth-order valence-corrected chi connectivity index (χ4v) is 4.16. The summed E-state index contributed by atoms with van der Waals surface area (Å²) in [7, 11) is 0. The fourth-order valence-electron chi connectivity index (χ4n) is 4.16. The topological polar surface area (TPSA) is 9.23 Å². The Kier molecular flexibility index (Phi) is 9.20. The van der Waals surface area contributed by atoms with Crippen molar-refractivity contribution in [3.63, 3.8) is 0 Å². The maximum Gasteiger partial charge on any atom is 0.432 e. The first kappa shape index (κ1) is 30.6. The van der Waals surface area contributed by atoms with Crippen LogP contribution in [0.4, 0.5) is 39.5 Å². The van der Waals surface area contributed by atoms with E-state index in [1.165, 1.54) is 12.1 Å². The predicted octanol–water partition coefficient (Wildman–Crippen LogP) is 9.59. The highest BCUT2D eigenvalue weighted by atomic mass is 19.3. The van der Waals surface area contributed by atoms with Crippen LogP contribution in [0.5, 0.6) is 5.75 Å². The molecule has 0 saturated carbocycles. The van der Waals surface area contributed by atoms with Crippen molar-refractivity contribution in [2.45, 2.75) is 38.7 Å². The molecule has 0 atom stereocenters. The smallest absolute Gasteiger partial charge is 0.429 e. The lowest BCUT2D eigenvalue weighted by Crippen LogP contribution is -2.25. The Balaban J connectivity index is 1.54. The molecule has 0 radical (unpaired) electrons. The quantitative estimate of drug-likeness (QED) is 0.0857. The average molecular weight is 593 g/mol. The summed E-state index contributed by atoms with van der Waals surface area (Å²) >= 11 is 0. The van der Waals surface area contributed by atoms with Crippen molar-refractivity contribution in [1.82, 2.24) is 0 Å². The van der Waals surface area contributed by atoms with Crippen LogP contribution in [-0.2, 0) is 12.5 Å². The summed E-state index contributed by atoms with van der Waals surface area (Å²) in [6.45, 7) is 2.04. The molecule has 0 amide bonds. The molecule has 42 heavy (non-hydrogen) atoms. The van der Waals surface area contributed by atoms with E-state index in [1.54, 1.807) is 6.07 Å². The van der Waals surface area contributed by atoms with Crippen LogP contribution in [-0.4, -0.2) is 0 Å². The van der Waals surface area contributed by atoms with Gasteiger partial charge in [-0.2, -0.15) is 8.78 Å². The molecule has 218 valence electrons. The zero-order valence-corrected chi connectivity index (χ0v) is 21.9. The van der Waals surface area contributed by atoms with Crippen molar-refractivity contribution in [2.75, 3.05) is 0 Å². The van der Waals surface area contributed by atoms with Gasteiger partial charge in [-0.1, -0.05) is 37.7 Å². The number of alkyl halides is 2. The van der Waals surface area contributed by atoms with E-state index < -0.39 is 69.3 Å². The average Bonchev–Trinajstić information content (AvgIpc) is 2.90. The van der Waals surface area contributed by atoms with E-state index in [1.807, 2.05) is 6.92 Å². The highest BCUT2D eigenvalue weighted by Gasteiger charge is 2.41. The lowest BCUT2D eigenvalue weighted by molar-refractivity contribution is -0.189. The second-order valence-corrected chi connectivity index (χ2v) is 9.35. The Hall–Kier alpha value is -4.39. The van der Waals surface area contributed by atoms with Gasteiger partial charge in [0.1, 0.15) is 34.6 Å². The SMILES string of the molecule is CCCCCc1ccc(C#Cc2cc(F)c(C(F)(F)Oc3ccc(-c4cc(F)c(F)c(F)c4)c(F)c3)c(F)c2)c(F)c1. The van der Waals surface area contributed by atoms with Crippen molar-refractivity contribution in [2.24, 2.45) is 0 Å². The number of halogens is 9. The van der Waals surface area contributed by atoms with Crippen molar-refractivity contribution in [3.05, 3.63) is 124 Å². The molecule has 0 N–H and O–H groups in total. The summed E-state index contributed by atoms with van der Waals surface area (Å²) in [4.78, 5) is 0. The van der Waals surface area contributed by atoms with E-state index in [2.05, 4.69) is 16.6 Å². The van der Waals surface area contributed by atoms with Gasteiger partial charge in [0.15, 0.2) is 17.5 Å². The van der Waals surface area contributed by atoms with Gasteiger partial charge in [0.2, 0.25) is 0 Å². The molecule has 4 aromatic rings. The molecule has 0 saturated heterocycles. The van der Waals surface area contributed by atoms with Crippen LogP contribution >= 0.6 is 0 Å². The first-order chi connectivity index (χ1) is 19.9. The number of unbranched alkanes of at least 4 members (excludes halogenated alkanes) is 2. The van der Waals surface area contributed by atoms with E-state index >= 15 is 0 Å². The standard InChI is InChI=1S/C32H21F9O/c1-2-3-4-5-18-6-8-20(24(33)12-18)9-7-19-13-26(35)30(27(36)14-19)32(40,41)42-22-10-11-23(25(34)17-22)21-15-28(37)31(39)29(38)16-21/h6,8,10-17H,2-5H2,1H3. The molecule has 10 heteroatoms. The fraction of sp³-hybridized carbons (Fsp3) is 0.188. The van der Waals surface area contributed by atoms with Crippen molar-refractivity contribution < 1.29 is 44.3 Å². The summed E-state index contributed by atoms with van der Waals surface area (Å²) in [5.74, 6) is -6.48. The highest BCUT2D eigenvalue weighted by molar-refractivity contribution is 5.65. The van der Waals surface area contributed by atoms with Gasteiger partial charge < -0.3 is 4.74 Å². The Morgan fingerprint density at radius 2 is 1.33 bits per heavy atom. The van der Waals surface area contributed by atoms with Crippen molar-refractivity contribution in [1.29, 1.82) is 0 Å². The zero-order valence-electron chi connectivity index (χ0n) is 21.9. The lowest BCUT2D eigenvalue weighted by atomic mass is 10.0. The number of hydrogen-bond acceptors (Lipinski definition) is 1. The summed E-state index contributed by atoms with van der Waals surface area (Å²) < 4.78 is 133. The molecule has 0 unspecified atom stereocenters. The summed E-state index contributed by atoms with van der Waals surface area (Å²) in [5, 5.41) is 0. The largest absolute Gasteiger partial charge is 0.432 e. The van der Waals surface area contributed by atoms with Gasteiger partial charge in [0, 0.05) is 17.2 Å². The maximum absolute atomic E-state index is 14.8. The summed E-state index contributed by atoms with van der Waals surface area (Å²) in [6.07, 6.45) is -1.07. The molecule has 0 aliphatic rings. The van der Waals surface area contributed by atoms with Gasteiger partial charge in [0.05, 0.1) is 5.56 Å². The molecule has 0 heterocycles. The Morgan fingerprint density at radius 1 is 0.667 bits per heavy atom.